The van der Waals surface area contributed by atoms with E-state index < -0.39 is 24.1 Å². The molecule has 0 saturated heterocycles. The quantitative estimate of drug-likeness (QED) is 0.471. The number of nitrogens with one attached hydrogen (secondary N) is 3. The Kier molecular flexibility index (Phi) is 6.06. The van der Waals surface area contributed by atoms with Gasteiger partial charge in [0.15, 0.2) is 24.0 Å². The Hall–Kier alpha value is -3.89. The highest BCUT2D eigenvalue weighted by molar-refractivity contribution is 5.99. The van der Waals surface area contributed by atoms with Crippen LogP contribution in [0, 0.1) is 17.2 Å². The zero-order valence-electron chi connectivity index (χ0n) is 17.2. The number of nitrogens with zero attached hydrogens (tertiary/aromatic N) is 4. The first-order chi connectivity index (χ1) is 15.5. The second-order valence-electron chi connectivity index (χ2n) is 7.30. The molecule has 3 N–H and O–H groups in total. The largest absolute Gasteiger partial charge is 0.480 e. The summed E-state index contributed by atoms with van der Waals surface area (Å²) in [6.07, 6.45) is 2.37. The normalized spacial score (nSPS) is 17.8. The van der Waals surface area contributed by atoms with Crippen molar-refractivity contribution in [3.8, 4) is 5.75 Å². The van der Waals surface area contributed by atoms with Gasteiger partial charge in [0.05, 0.1) is 12.6 Å². The van der Waals surface area contributed by atoms with Gasteiger partial charge >= 0.3 is 0 Å². The van der Waals surface area contributed by atoms with Crippen molar-refractivity contribution in [1.82, 2.24) is 15.7 Å². The van der Waals surface area contributed by atoms with Gasteiger partial charge in [-0.15, -0.1) is 0 Å². The molecule has 0 spiro atoms. The van der Waals surface area contributed by atoms with Crippen LogP contribution in [0.15, 0.2) is 58.0 Å². The summed E-state index contributed by atoms with van der Waals surface area (Å²) < 4.78 is 33.6. The van der Waals surface area contributed by atoms with E-state index in [1.165, 1.54) is 6.07 Å². The van der Waals surface area contributed by atoms with Crippen molar-refractivity contribution < 1.29 is 18.3 Å². The third-order valence-corrected chi connectivity index (χ3v) is 5.40. The number of pyridine rings is 1. The lowest BCUT2D eigenvalue weighted by atomic mass is 9.95. The first-order valence-electron chi connectivity index (χ1n) is 9.96. The molecule has 4 rings (SSSR count). The predicted octanol–water partition coefficient (Wildman–Crippen LogP) is 2.70. The summed E-state index contributed by atoms with van der Waals surface area (Å²) in [5.74, 6) is -2.68. The molecule has 0 bridgehead atoms. The van der Waals surface area contributed by atoms with Crippen molar-refractivity contribution in [2.45, 2.75) is 19.4 Å². The minimum absolute atomic E-state index is 0.122. The van der Waals surface area contributed by atoms with E-state index in [0.717, 1.165) is 23.0 Å². The molecule has 1 atom stereocenters. The second kappa shape index (κ2) is 9.08. The lowest BCUT2D eigenvalue weighted by Gasteiger charge is -2.40. The standard InChI is InChI=1S/C21H21F2N7O2/c1-12-14-10-26-21(17-4-2-3-6-25-17)27-16(14)5-7-30(12)13-8-15(22)20(23)18(9-13)32-11-19(31)28-29-24/h2-4,6,8-9,12H,5,7,10-11H2,1H3,(H,26,27)(H2,24,28,31). The molecule has 1 aromatic carbocycles. The molecule has 0 aliphatic carbocycles. The number of rotatable bonds is 6. The minimum atomic E-state index is -1.18. The summed E-state index contributed by atoms with van der Waals surface area (Å²) in [7, 11) is 0. The van der Waals surface area contributed by atoms with E-state index in [1.54, 1.807) is 6.20 Å². The smallest absolute Gasteiger partial charge is 0.279 e. The van der Waals surface area contributed by atoms with Crippen molar-refractivity contribution in [2.75, 3.05) is 24.6 Å². The number of aliphatic imine (C=N–C) groups is 1. The summed E-state index contributed by atoms with van der Waals surface area (Å²) >= 11 is 0. The number of carbonyl (C=O) groups excluding carboxylic acids is 1. The number of halogens is 2. The molecular formula is C21H21F2N7O2. The maximum absolute atomic E-state index is 14.3. The summed E-state index contributed by atoms with van der Waals surface area (Å²) in [5.41, 5.74) is 11.8. The number of anilines is 1. The van der Waals surface area contributed by atoms with E-state index in [9.17, 15) is 13.6 Å². The Morgan fingerprint density at radius 1 is 1.41 bits per heavy atom. The summed E-state index contributed by atoms with van der Waals surface area (Å²) in [6.45, 7) is 2.41. The first kappa shape index (κ1) is 21.3. The zero-order valence-corrected chi connectivity index (χ0v) is 17.2. The molecule has 11 heteroatoms. The van der Waals surface area contributed by atoms with Gasteiger partial charge in [-0.25, -0.2) is 9.82 Å². The number of ether oxygens (including phenoxy) is 1. The number of benzene rings is 1. The Balaban J connectivity index is 1.53. The molecule has 0 saturated carbocycles. The number of hydrogen-bond acceptors (Lipinski definition) is 8. The molecule has 1 amide bonds. The predicted molar refractivity (Wildman–Crippen MR) is 112 cm³/mol. The van der Waals surface area contributed by atoms with Crippen molar-refractivity contribution >= 4 is 17.4 Å². The number of hydrogen-bond donors (Lipinski definition) is 3. The van der Waals surface area contributed by atoms with Gasteiger partial charge in [0.25, 0.3) is 5.91 Å². The number of aromatic nitrogens is 1. The van der Waals surface area contributed by atoms with Crippen LogP contribution in [0.1, 0.15) is 19.0 Å². The van der Waals surface area contributed by atoms with Crippen LogP contribution in [-0.2, 0) is 4.79 Å². The molecule has 0 fully saturated rings. The third kappa shape index (κ3) is 4.27. The highest BCUT2D eigenvalue weighted by Crippen LogP contribution is 2.34. The maximum atomic E-state index is 14.3. The van der Waals surface area contributed by atoms with Crippen LogP contribution in [0.2, 0.25) is 0 Å². The van der Waals surface area contributed by atoms with Crippen molar-refractivity contribution in [3.05, 3.63) is 65.1 Å². The first-order valence-corrected chi connectivity index (χ1v) is 9.96. The van der Waals surface area contributed by atoms with Crippen molar-refractivity contribution in [2.24, 2.45) is 10.2 Å². The van der Waals surface area contributed by atoms with E-state index in [2.05, 4.69) is 20.5 Å². The van der Waals surface area contributed by atoms with Gasteiger partial charge in [-0.1, -0.05) is 11.3 Å². The summed E-state index contributed by atoms with van der Waals surface area (Å²) in [6, 6.07) is 7.98. The molecule has 0 radical (unpaired) electrons. The maximum Gasteiger partial charge on any atom is 0.279 e. The van der Waals surface area contributed by atoms with Gasteiger partial charge in [0.2, 0.25) is 5.82 Å². The van der Waals surface area contributed by atoms with Crippen LogP contribution in [0.4, 0.5) is 14.5 Å². The lowest BCUT2D eigenvalue weighted by molar-refractivity contribution is -0.123. The monoisotopic (exact) mass is 441 g/mol. The third-order valence-electron chi connectivity index (χ3n) is 5.40. The van der Waals surface area contributed by atoms with Crippen LogP contribution < -0.4 is 20.4 Å². The Morgan fingerprint density at radius 2 is 2.25 bits per heavy atom. The number of amidine groups is 1. The van der Waals surface area contributed by atoms with Gasteiger partial charge in [0, 0.05) is 42.7 Å². The van der Waals surface area contributed by atoms with Crippen LogP contribution in [0.3, 0.4) is 0 Å². The number of carbonyl (C=O) groups is 1. The lowest BCUT2D eigenvalue weighted by Crippen LogP contribution is -2.45. The van der Waals surface area contributed by atoms with Crippen molar-refractivity contribution in [1.29, 1.82) is 5.53 Å². The molecule has 3 heterocycles. The van der Waals surface area contributed by atoms with Gasteiger partial charge in [0.1, 0.15) is 5.69 Å². The molecule has 2 aliphatic heterocycles. The molecular weight excluding hydrogens is 420 g/mol. The van der Waals surface area contributed by atoms with Gasteiger partial charge in [-0.2, -0.15) is 9.92 Å². The zero-order chi connectivity index (χ0) is 22.7. The molecule has 1 aromatic heterocycles. The van der Waals surface area contributed by atoms with E-state index in [1.807, 2.05) is 35.4 Å². The molecule has 32 heavy (non-hydrogen) atoms. The Bertz CT molecular complexity index is 1100. The highest BCUT2D eigenvalue weighted by Gasteiger charge is 2.30. The average molecular weight is 441 g/mol. The molecule has 166 valence electrons. The van der Waals surface area contributed by atoms with Crippen LogP contribution in [-0.4, -0.2) is 42.5 Å². The highest BCUT2D eigenvalue weighted by atomic mass is 19.2. The number of amides is 1. The molecule has 2 aliphatic rings. The average Bonchev–Trinajstić information content (AvgIpc) is 2.81. The SMILES string of the molecule is CC1C2=C(CCN1c1cc(F)c(F)c(OCC(=O)NN=N)c1)NC(c1ccccn1)=NC2. The van der Waals surface area contributed by atoms with Gasteiger partial charge in [-0.05, 0) is 24.6 Å². The van der Waals surface area contributed by atoms with E-state index in [-0.39, 0.29) is 11.8 Å². The van der Waals surface area contributed by atoms with E-state index in [4.69, 9.17) is 10.3 Å². The molecule has 1 unspecified atom stereocenters. The fourth-order valence-corrected chi connectivity index (χ4v) is 3.80. The van der Waals surface area contributed by atoms with Crippen molar-refractivity contribution in [3.63, 3.8) is 0 Å². The van der Waals surface area contributed by atoms with E-state index in [0.29, 0.717) is 31.0 Å². The van der Waals surface area contributed by atoms with Crippen LogP contribution in [0.5, 0.6) is 5.75 Å². The topological polar surface area (TPSA) is 115 Å². The van der Waals surface area contributed by atoms with Gasteiger partial charge < -0.3 is 15.0 Å². The Morgan fingerprint density at radius 3 is 3.00 bits per heavy atom. The van der Waals surface area contributed by atoms with Crippen LogP contribution >= 0.6 is 0 Å². The van der Waals surface area contributed by atoms with Gasteiger partial charge in [-0.3, -0.25) is 14.8 Å². The van der Waals surface area contributed by atoms with Crippen LogP contribution in [0.25, 0.3) is 0 Å². The Labute approximate surface area is 182 Å². The molecule has 9 nitrogen and oxygen atoms in total. The summed E-state index contributed by atoms with van der Waals surface area (Å²) in [5, 5.41) is 6.08. The fourth-order valence-electron chi connectivity index (χ4n) is 3.80. The second-order valence-corrected chi connectivity index (χ2v) is 7.30. The summed E-state index contributed by atoms with van der Waals surface area (Å²) in [4.78, 5) is 22.3. The minimum Gasteiger partial charge on any atom is -0.480 e. The molecule has 2 aromatic rings. The van der Waals surface area contributed by atoms with E-state index >= 15 is 0 Å². The fraction of sp³-hybridized carbons (Fsp3) is 0.286.